The summed E-state index contributed by atoms with van der Waals surface area (Å²) in [7, 11) is 0. The van der Waals surface area contributed by atoms with Gasteiger partial charge in [0.05, 0.1) is 11.4 Å². The van der Waals surface area contributed by atoms with Crippen LogP contribution >= 0.6 is 11.3 Å². The van der Waals surface area contributed by atoms with Gasteiger partial charge >= 0.3 is 0 Å². The van der Waals surface area contributed by atoms with Crippen LogP contribution in [0.3, 0.4) is 0 Å². The Labute approximate surface area is 322 Å². The summed E-state index contributed by atoms with van der Waals surface area (Å²) in [6, 6.07) is 64.6. The molecule has 0 radical (unpaired) electrons. The number of benzene rings is 7. The predicted molar refractivity (Wildman–Crippen MR) is 226 cm³/mol. The number of thiophene rings is 1. The van der Waals surface area contributed by atoms with Gasteiger partial charge in [-0.25, -0.2) is 24.9 Å². The number of nitrogens with zero attached hydrogens (tertiary/aromatic N) is 5. The van der Waals surface area contributed by atoms with Gasteiger partial charge in [0.1, 0.15) is 0 Å². The number of rotatable bonds is 7. The lowest BCUT2D eigenvalue weighted by molar-refractivity contribution is 1.08. The Kier molecular flexibility index (Phi) is 8.28. The third-order valence-corrected chi connectivity index (χ3v) is 11.0. The highest BCUT2D eigenvalue weighted by Crippen LogP contribution is 2.41. The standard InChI is InChI=1S/C49H31N5S/c1-5-14-33(15-6-1)42-31-43(34-16-7-2-8-17-34)51-46(50-42)37-26-24-32(25-27-37)38-28-29-44-41(30-38)39-22-13-23-40(45(39)55-44)49-53-47(35-18-9-3-10-19-35)52-48(54-49)36-20-11-4-12-21-36/h1-31H. The normalized spacial score (nSPS) is 11.3. The Hall–Kier alpha value is -7.15. The second kappa shape index (κ2) is 14.0. The molecular weight excluding hydrogens is 691 g/mol. The number of fused-ring (bicyclic) bond motifs is 3. The molecular formula is C49H31N5S. The summed E-state index contributed by atoms with van der Waals surface area (Å²) < 4.78 is 2.36. The highest BCUT2D eigenvalue weighted by atomic mass is 32.1. The lowest BCUT2D eigenvalue weighted by atomic mass is 10.0. The monoisotopic (exact) mass is 721 g/mol. The van der Waals surface area contributed by atoms with Crippen molar-refractivity contribution in [2.24, 2.45) is 0 Å². The van der Waals surface area contributed by atoms with Crippen molar-refractivity contribution in [3.63, 3.8) is 0 Å². The third kappa shape index (κ3) is 6.35. The van der Waals surface area contributed by atoms with Crippen molar-refractivity contribution in [2.75, 3.05) is 0 Å². The van der Waals surface area contributed by atoms with Gasteiger partial charge in [0.2, 0.25) is 0 Å². The van der Waals surface area contributed by atoms with Gasteiger partial charge < -0.3 is 0 Å². The molecule has 7 aromatic carbocycles. The van der Waals surface area contributed by atoms with E-state index in [0.29, 0.717) is 23.3 Å². The molecule has 3 heterocycles. The number of hydrogen-bond acceptors (Lipinski definition) is 6. The molecule has 0 atom stereocenters. The fourth-order valence-corrected chi connectivity index (χ4v) is 8.18. The average Bonchev–Trinajstić information content (AvgIpc) is 3.66. The molecule has 3 aromatic heterocycles. The summed E-state index contributed by atoms with van der Waals surface area (Å²) in [5, 5.41) is 2.38. The van der Waals surface area contributed by atoms with E-state index in [1.807, 2.05) is 97.1 Å². The smallest absolute Gasteiger partial charge is 0.165 e. The van der Waals surface area contributed by atoms with Crippen molar-refractivity contribution < 1.29 is 0 Å². The van der Waals surface area contributed by atoms with Crippen molar-refractivity contribution in [1.29, 1.82) is 0 Å². The maximum atomic E-state index is 5.04. The summed E-state index contributed by atoms with van der Waals surface area (Å²) in [5.74, 6) is 2.67. The van der Waals surface area contributed by atoms with Crippen LogP contribution in [0.5, 0.6) is 0 Å². The molecule has 0 aliphatic rings. The maximum Gasteiger partial charge on any atom is 0.165 e. The summed E-state index contributed by atoms with van der Waals surface area (Å²) in [6.45, 7) is 0. The van der Waals surface area contributed by atoms with Crippen LogP contribution in [0.15, 0.2) is 188 Å². The molecule has 5 nitrogen and oxygen atoms in total. The molecule has 0 aliphatic carbocycles. The average molecular weight is 722 g/mol. The Bertz CT molecular complexity index is 2830. The van der Waals surface area contributed by atoms with E-state index >= 15 is 0 Å². The van der Waals surface area contributed by atoms with Crippen LogP contribution in [0.25, 0.3) is 99.4 Å². The number of hydrogen-bond donors (Lipinski definition) is 0. The first kappa shape index (κ1) is 32.5. The molecule has 0 fully saturated rings. The van der Waals surface area contributed by atoms with Gasteiger partial charge in [-0.05, 0) is 35.4 Å². The molecule has 10 rings (SSSR count). The van der Waals surface area contributed by atoms with Crippen LogP contribution in [0.1, 0.15) is 0 Å². The van der Waals surface area contributed by atoms with Gasteiger partial charge in [0.25, 0.3) is 0 Å². The van der Waals surface area contributed by atoms with Crippen molar-refractivity contribution in [1.82, 2.24) is 24.9 Å². The first-order valence-corrected chi connectivity index (χ1v) is 19.0. The Morgan fingerprint density at radius 3 is 1.31 bits per heavy atom. The molecule has 0 unspecified atom stereocenters. The van der Waals surface area contributed by atoms with Gasteiger partial charge in [-0.3, -0.25) is 0 Å². The van der Waals surface area contributed by atoms with E-state index in [0.717, 1.165) is 60.6 Å². The zero-order valence-corrected chi connectivity index (χ0v) is 30.4. The van der Waals surface area contributed by atoms with E-state index in [9.17, 15) is 0 Å². The van der Waals surface area contributed by atoms with Gasteiger partial charge in [-0.1, -0.05) is 164 Å². The topological polar surface area (TPSA) is 64.5 Å². The maximum absolute atomic E-state index is 5.04. The van der Waals surface area contributed by atoms with E-state index in [1.165, 1.54) is 15.5 Å². The lowest BCUT2D eigenvalue weighted by Gasteiger charge is -2.10. The minimum absolute atomic E-state index is 0.654. The molecule has 55 heavy (non-hydrogen) atoms. The van der Waals surface area contributed by atoms with E-state index in [2.05, 4.69) is 91.0 Å². The highest BCUT2D eigenvalue weighted by molar-refractivity contribution is 7.26. The van der Waals surface area contributed by atoms with Crippen LogP contribution in [0.2, 0.25) is 0 Å². The molecule has 0 aliphatic heterocycles. The zero-order chi connectivity index (χ0) is 36.6. The fraction of sp³-hybridized carbons (Fsp3) is 0. The minimum Gasteiger partial charge on any atom is -0.228 e. The minimum atomic E-state index is 0.654. The Morgan fingerprint density at radius 1 is 0.291 bits per heavy atom. The quantitative estimate of drug-likeness (QED) is 0.164. The highest BCUT2D eigenvalue weighted by Gasteiger charge is 2.17. The Morgan fingerprint density at radius 2 is 0.745 bits per heavy atom. The van der Waals surface area contributed by atoms with E-state index in [1.54, 1.807) is 11.3 Å². The molecule has 10 aromatic rings. The first-order valence-electron chi connectivity index (χ1n) is 18.2. The van der Waals surface area contributed by atoms with Crippen LogP contribution in [0.4, 0.5) is 0 Å². The molecule has 0 saturated carbocycles. The van der Waals surface area contributed by atoms with Gasteiger partial charge in [0, 0.05) is 53.6 Å². The van der Waals surface area contributed by atoms with Crippen molar-refractivity contribution in [3.05, 3.63) is 188 Å². The van der Waals surface area contributed by atoms with E-state index < -0.39 is 0 Å². The van der Waals surface area contributed by atoms with Gasteiger partial charge in [-0.2, -0.15) is 0 Å². The Balaban J connectivity index is 1.03. The predicted octanol–water partition coefficient (Wildman–Crippen LogP) is 12.7. The van der Waals surface area contributed by atoms with Crippen molar-refractivity contribution in [2.45, 2.75) is 0 Å². The summed E-state index contributed by atoms with van der Waals surface area (Å²) in [6.07, 6.45) is 0. The van der Waals surface area contributed by atoms with E-state index in [-0.39, 0.29) is 0 Å². The van der Waals surface area contributed by atoms with Crippen molar-refractivity contribution in [3.8, 4) is 79.2 Å². The second-order valence-corrected chi connectivity index (χ2v) is 14.4. The summed E-state index contributed by atoms with van der Waals surface area (Å²) >= 11 is 1.77. The largest absolute Gasteiger partial charge is 0.228 e. The number of aromatic nitrogens is 5. The molecule has 6 heteroatoms. The molecule has 258 valence electrons. The molecule has 0 saturated heterocycles. The summed E-state index contributed by atoms with van der Waals surface area (Å²) in [4.78, 5) is 25.0. The molecule has 0 spiro atoms. The third-order valence-electron chi connectivity index (χ3n) is 9.78. The van der Waals surface area contributed by atoms with Gasteiger partial charge in [-0.15, -0.1) is 11.3 Å². The second-order valence-electron chi connectivity index (χ2n) is 13.3. The van der Waals surface area contributed by atoms with Crippen molar-refractivity contribution >= 4 is 31.5 Å². The SMILES string of the molecule is c1ccc(-c2cc(-c3ccccc3)nc(-c3ccc(-c4ccc5sc6c(-c7nc(-c8ccccc8)nc(-c8ccccc8)n7)cccc6c5c4)cc3)n2)cc1. The van der Waals surface area contributed by atoms with Crippen LogP contribution in [0, 0.1) is 0 Å². The molecule has 0 amide bonds. The van der Waals surface area contributed by atoms with Gasteiger partial charge in [0.15, 0.2) is 23.3 Å². The lowest BCUT2D eigenvalue weighted by Crippen LogP contribution is -2.00. The van der Waals surface area contributed by atoms with Crippen LogP contribution in [-0.4, -0.2) is 24.9 Å². The molecule has 0 bridgehead atoms. The fourth-order valence-electron chi connectivity index (χ4n) is 6.98. The van der Waals surface area contributed by atoms with Crippen LogP contribution < -0.4 is 0 Å². The summed E-state index contributed by atoms with van der Waals surface area (Å²) in [5.41, 5.74) is 10.0. The van der Waals surface area contributed by atoms with Crippen LogP contribution in [-0.2, 0) is 0 Å². The zero-order valence-electron chi connectivity index (χ0n) is 29.5. The first-order chi connectivity index (χ1) is 27.2. The van der Waals surface area contributed by atoms with E-state index in [4.69, 9.17) is 24.9 Å². The molecule has 0 N–H and O–H groups in total.